The number of likely N-dealkylation sites (N-methyl/N-ethyl adjacent to an activating group) is 1. The average molecular weight is 462 g/mol. The summed E-state index contributed by atoms with van der Waals surface area (Å²) in [7, 11) is 1.85. The molecule has 0 radical (unpaired) electrons. The van der Waals surface area contributed by atoms with Gasteiger partial charge in [-0.2, -0.15) is 5.10 Å². The number of amides is 1. The number of carbonyl (C=O) groups excluding carboxylic acids is 1. The summed E-state index contributed by atoms with van der Waals surface area (Å²) in [5.74, 6) is 0.938. The van der Waals surface area contributed by atoms with E-state index in [1.807, 2.05) is 36.0 Å². The van der Waals surface area contributed by atoms with Crippen molar-refractivity contribution in [2.75, 3.05) is 25.0 Å². The van der Waals surface area contributed by atoms with Gasteiger partial charge < -0.3 is 21.3 Å². The molecule has 2 aromatic heterocycles. The Morgan fingerprint density at radius 2 is 2.09 bits per heavy atom. The molecular formula is C26H35N7O. The van der Waals surface area contributed by atoms with Gasteiger partial charge in [-0.05, 0) is 50.2 Å². The Hall–Kier alpha value is -2.97. The quantitative estimate of drug-likeness (QED) is 0.604. The van der Waals surface area contributed by atoms with Crippen molar-refractivity contribution in [1.82, 2.24) is 19.5 Å². The Morgan fingerprint density at radius 3 is 2.79 bits per heavy atom. The molecule has 1 fully saturated rings. The zero-order valence-corrected chi connectivity index (χ0v) is 20.4. The van der Waals surface area contributed by atoms with Gasteiger partial charge in [-0.25, -0.2) is 9.50 Å². The summed E-state index contributed by atoms with van der Waals surface area (Å²) in [6, 6.07) is 10.3. The molecule has 1 aliphatic carbocycles. The van der Waals surface area contributed by atoms with E-state index in [1.54, 1.807) is 4.90 Å². The number of carbonyl (C=O) groups is 1. The number of hydrogen-bond acceptors (Lipinski definition) is 6. The summed E-state index contributed by atoms with van der Waals surface area (Å²) in [5.41, 5.74) is 17.1. The van der Waals surface area contributed by atoms with Gasteiger partial charge in [0.05, 0.1) is 17.3 Å². The molecule has 34 heavy (non-hydrogen) atoms. The number of anilines is 1. The van der Waals surface area contributed by atoms with Crippen LogP contribution in [0.3, 0.4) is 0 Å². The van der Waals surface area contributed by atoms with E-state index in [2.05, 4.69) is 30.9 Å². The number of rotatable bonds is 5. The fraction of sp³-hybridized carbons (Fsp3) is 0.500. The highest BCUT2D eigenvalue weighted by Gasteiger charge is 2.41. The van der Waals surface area contributed by atoms with Gasteiger partial charge in [-0.15, -0.1) is 0 Å². The number of benzene rings is 1. The van der Waals surface area contributed by atoms with Crippen LogP contribution in [-0.2, 0) is 17.6 Å². The van der Waals surface area contributed by atoms with Gasteiger partial charge in [0.15, 0.2) is 5.65 Å². The van der Waals surface area contributed by atoms with Crippen LogP contribution in [0.15, 0.2) is 36.5 Å². The SMILES string of the molecule is CC[C@@H](c1cc2nc(N3CC[C@H](N)C3)c(C)cn2n1)N(C)C(=O)C1(N)CCc2ccccc2C1. The minimum atomic E-state index is -0.897. The van der Waals surface area contributed by atoms with Gasteiger partial charge in [-0.1, -0.05) is 31.2 Å². The summed E-state index contributed by atoms with van der Waals surface area (Å²) in [6.45, 7) is 5.87. The van der Waals surface area contributed by atoms with Crippen LogP contribution in [0, 0.1) is 6.92 Å². The van der Waals surface area contributed by atoms with Gasteiger partial charge in [0.2, 0.25) is 5.91 Å². The van der Waals surface area contributed by atoms with Crippen LogP contribution in [0.25, 0.3) is 5.65 Å². The Balaban J connectivity index is 1.41. The van der Waals surface area contributed by atoms with Crippen LogP contribution in [0.4, 0.5) is 5.82 Å². The molecule has 0 saturated carbocycles. The molecule has 1 saturated heterocycles. The lowest BCUT2D eigenvalue weighted by atomic mass is 9.77. The Kier molecular flexibility index (Phi) is 5.81. The van der Waals surface area contributed by atoms with Crippen LogP contribution >= 0.6 is 0 Å². The second-order valence-corrected chi connectivity index (χ2v) is 10.1. The summed E-state index contributed by atoms with van der Waals surface area (Å²) in [6.07, 6.45) is 5.77. The van der Waals surface area contributed by atoms with E-state index >= 15 is 0 Å². The van der Waals surface area contributed by atoms with Crippen molar-refractivity contribution in [3.05, 3.63) is 58.9 Å². The Bertz CT molecular complexity index is 1220. The molecule has 3 aromatic rings. The van der Waals surface area contributed by atoms with Gasteiger partial charge in [0.25, 0.3) is 0 Å². The van der Waals surface area contributed by atoms with E-state index in [-0.39, 0.29) is 18.0 Å². The van der Waals surface area contributed by atoms with Crippen LogP contribution < -0.4 is 16.4 Å². The first kappa shape index (κ1) is 22.8. The number of aryl methyl sites for hydroxylation is 2. The molecule has 0 bridgehead atoms. The fourth-order valence-electron chi connectivity index (χ4n) is 5.60. The zero-order chi connectivity index (χ0) is 24.0. The molecule has 3 atom stereocenters. The lowest BCUT2D eigenvalue weighted by molar-refractivity contribution is -0.138. The third-order valence-corrected chi connectivity index (χ3v) is 7.55. The van der Waals surface area contributed by atoms with Crippen LogP contribution in [0.5, 0.6) is 0 Å². The molecule has 8 heteroatoms. The van der Waals surface area contributed by atoms with E-state index in [4.69, 9.17) is 21.5 Å². The highest BCUT2D eigenvalue weighted by Crippen LogP contribution is 2.32. The normalized spacial score (nSPS) is 23.2. The van der Waals surface area contributed by atoms with Crippen molar-refractivity contribution in [3.63, 3.8) is 0 Å². The van der Waals surface area contributed by atoms with Gasteiger partial charge >= 0.3 is 0 Å². The predicted molar refractivity (Wildman–Crippen MR) is 134 cm³/mol. The highest BCUT2D eigenvalue weighted by molar-refractivity contribution is 5.87. The van der Waals surface area contributed by atoms with Gasteiger partial charge in [0, 0.05) is 44.0 Å². The van der Waals surface area contributed by atoms with Crippen LogP contribution in [-0.4, -0.2) is 57.1 Å². The molecule has 8 nitrogen and oxygen atoms in total. The predicted octanol–water partition coefficient (Wildman–Crippen LogP) is 2.37. The maximum atomic E-state index is 13.7. The molecule has 1 amide bonds. The Labute approximate surface area is 200 Å². The standard InChI is InChI=1S/C26H35N7O/c1-4-22(31(3)25(34)26(28)11-9-18-7-5-6-8-19(18)14-26)21-13-23-29-24(17(2)15-33(23)30-21)32-12-10-20(27)16-32/h5-8,13,15,20,22H,4,9-12,14,16,27-28H2,1-3H3/t20-,22-,26?/m0/s1. The Morgan fingerprint density at radius 1 is 1.32 bits per heavy atom. The number of aromatic nitrogens is 3. The molecule has 4 N–H and O–H groups in total. The third-order valence-electron chi connectivity index (χ3n) is 7.55. The molecule has 3 heterocycles. The van der Waals surface area contributed by atoms with Gasteiger partial charge in [0.1, 0.15) is 5.82 Å². The van der Waals surface area contributed by atoms with E-state index in [0.29, 0.717) is 12.8 Å². The van der Waals surface area contributed by atoms with E-state index in [9.17, 15) is 4.79 Å². The van der Waals surface area contributed by atoms with Crippen molar-refractivity contribution in [1.29, 1.82) is 0 Å². The number of fused-ring (bicyclic) bond motifs is 2. The molecule has 0 spiro atoms. The lowest BCUT2D eigenvalue weighted by Crippen LogP contribution is -2.58. The third kappa shape index (κ3) is 3.95. The molecule has 1 aromatic carbocycles. The summed E-state index contributed by atoms with van der Waals surface area (Å²) >= 11 is 0. The van der Waals surface area contributed by atoms with Crippen molar-refractivity contribution in [2.45, 2.75) is 63.6 Å². The highest BCUT2D eigenvalue weighted by atomic mass is 16.2. The molecule has 5 rings (SSSR count). The first-order chi connectivity index (χ1) is 16.3. The second kappa shape index (κ2) is 8.67. The molecule has 1 unspecified atom stereocenters. The van der Waals surface area contributed by atoms with E-state index in [1.165, 1.54) is 11.1 Å². The van der Waals surface area contributed by atoms with Crippen molar-refractivity contribution < 1.29 is 4.79 Å². The van der Waals surface area contributed by atoms with Crippen molar-refractivity contribution in [3.8, 4) is 0 Å². The fourth-order valence-corrected chi connectivity index (χ4v) is 5.60. The number of nitrogens with zero attached hydrogens (tertiary/aromatic N) is 5. The molecule has 2 aliphatic rings. The maximum Gasteiger partial charge on any atom is 0.243 e. The largest absolute Gasteiger partial charge is 0.355 e. The zero-order valence-electron chi connectivity index (χ0n) is 20.4. The van der Waals surface area contributed by atoms with E-state index in [0.717, 1.165) is 55.1 Å². The maximum absolute atomic E-state index is 13.7. The van der Waals surface area contributed by atoms with Gasteiger partial charge in [-0.3, -0.25) is 4.79 Å². The summed E-state index contributed by atoms with van der Waals surface area (Å²) in [5, 5.41) is 4.81. The molecular weight excluding hydrogens is 426 g/mol. The molecule has 1 aliphatic heterocycles. The summed E-state index contributed by atoms with van der Waals surface area (Å²) < 4.78 is 1.82. The average Bonchev–Trinajstić information content (AvgIpc) is 3.43. The summed E-state index contributed by atoms with van der Waals surface area (Å²) in [4.78, 5) is 22.6. The van der Waals surface area contributed by atoms with E-state index < -0.39 is 5.54 Å². The molecule has 180 valence electrons. The number of hydrogen-bond donors (Lipinski definition) is 2. The smallest absolute Gasteiger partial charge is 0.243 e. The second-order valence-electron chi connectivity index (χ2n) is 10.1. The van der Waals surface area contributed by atoms with Crippen LogP contribution in [0.1, 0.15) is 54.6 Å². The first-order valence-corrected chi connectivity index (χ1v) is 12.3. The van der Waals surface area contributed by atoms with Crippen LogP contribution in [0.2, 0.25) is 0 Å². The van der Waals surface area contributed by atoms with Crippen molar-refractivity contribution in [2.24, 2.45) is 11.5 Å². The minimum absolute atomic E-state index is 0.0261. The monoisotopic (exact) mass is 461 g/mol. The number of nitrogens with two attached hydrogens (primary N) is 2. The lowest BCUT2D eigenvalue weighted by Gasteiger charge is -2.38. The first-order valence-electron chi connectivity index (χ1n) is 12.3. The minimum Gasteiger partial charge on any atom is -0.355 e. The van der Waals surface area contributed by atoms with Crippen molar-refractivity contribution >= 4 is 17.4 Å². The topological polar surface area (TPSA) is 106 Å².